The summed E-state index contributed by atoms with van der Waals surface area (Å²) in [7, 11) is 4.19. The SMILES string of the molecule is CN1CCN(C)C(CC(=O)NCCCc2nnc(N)s2)C1. The molecule has 1 aliphatic rings. The number of carbonyl (C=O) groups is 1. The van der Waals surface area contributed by atoms with Gasteiger partial charge in [0.2, 0.25) is 11.0 Å². The van der Waals surface area contributed by atoms with E-state index in [2.05, 4.69) is 39.4 Å². The van der Waals surface area contributed by atoms with Gasteiger partial charge in [0.15, 0.2) is 0 Å². The van der Waals surface area contributed by atoms with Crippen molar-refractivity contribution in [3.63, 3.8) is 0 Å². The van der Waals surface area contributed by atoms with Gasteiger partial charge in [0.25, 0.3) is 0 Å². The molecule has 0 radical (unpaired) electrons. The lowest BCUT2D eigenvalue weighted by Crippen LogP contribution is -2.51. The van der Waals surface area contributed by atoms with Crippen LogP contribution in [0.5, 0.6) is 0 Å². The van der Waals surface area contributed by atoms with E-state index in [0.717, 1.165) is 37.5 Å². The molecule has 8 heteroatoms. The van der Waals surface area contributed by atoms with Crippen LogP contribution in [0.1, 0.15) is 17.8 Å². The number of anilines is 1. The number of hydrogen-bond acceptors (Lipinski definition) is 7. The third kappa shape index (κ3) is 5.22. The maximum Gasteiger partial charge on any atom is 0.221 e. The van der Waals surface area contributed by atoms with Gasteiger partial charge in [-0.3, -0.25) is 4.79 Å². The molecule has 1 atom stereocenters. The van der Waals surface area contributed by atoms with Crippen LogP contribution in [0.25, 0.3) is 0 Å². The zero-order valence-electron chi connectivity index (χ0n) is 12.7. The van der Waals surface area contributed by atoms with Crippen molar-refractivity contribution in [1.82, 2.24) is 25.3 Å². The molecule has 0 bridgehead atoms. The second-order valence-corrected chi connectivity index (χ2v) is 6.68. The van der Waals surface area contributed by atoms with Crippen molar-refractivity contribution in [2.45, 2.75) is 25.3 Å². The van der Waals surface area contributed by atoms with Crippen molar-refractivity contribution in [2.24, 2.45) is 0 Å². The van der Waals surface area contributed by atoms with Crippen LogP contribution in [0.2, 0.25) is 0 Å². The van der Waals surface area contributed by atoms with Crippen LogP contribution < -0.4 is 11.1 Å². The highest BCUT2D eigenvalue weighted by atomic mass is 32.1. The average Bonchev–Trinajstić information content (AvgIpc) is 2.85. The van der Waals surface area contributed by atoms with Gasteiger partial charge in [-0.1, -0.05) is 11.3 Å². The molecule has 1 fully saturated rings. The van der Waals surface area contributed by atoms with Crippen LogP contribution in [0.3, 0.4) is 0 Å². The molecule has 21 heavy (non-hydrogen) atoms. The van der Waals surface area contributed by atoms with Crippen molar-refractivity contribution >= 4 is 22.4 Å². The molecular formula is C13H24N6OS. The largest absolute Gasteiger partial charge is 0.374 e. The molecule has 2 heterocycles. The van der Waals surface area contributed by atoms with Crippen molar-refractivity contribution < 1.29 is 4.79 Å². The molecule has 3 N–H and O–H groups in total. The van der Waals surface area contributed by atoms with E-state index in [9.17, 15) is 4.79 Å². The number of aryl methyl sites for hydroxylation is 1. The Labute approximate surface area is 129 Å². The third-order valence-electron chi connectivity index (χ3n) is 3.77. The van der Waals surface area contributed by atoms with Crippen LogP contribution in [0.15, 0.2) is 0 Å². The molecule has 7 nitrogen and oxygen atoms in total. The van der Waals surface area contributed by atoms with E-state index < -0.39 is 0 Å². The normalized spacial score (nSPS) is 20.6. The summed E-state index contributed by atoms with van der Waals surface area (Å²) in [6, 6.07) is 0.312. The van der Waals surface area contributed by atoms with Gasteiger partial charge in [-0.25, -0.2) is 0 Å². The number of rotatable bonds is 6. The lowest BCUT2D eigenvalue weighted by molar-refractivity contribution is -0.122. The van der Waals surface area contributed by atoms with E-state index in [1.165, 1.54) is 11.3 Å². The smallest absolute Gasteiger partial charge is 0.221 e. The van der Waals surface area contributed by atoms with Gasteiger partial charge in [0.1, 0.15) is 5.01 Å². The number of hydrogen-bond donors (Lipinski definition) is 2. The van der Waals surface area contributed by atoms with Crippen molar-refractivity contribution in [1.29, 1.82) is 0 Å². The fraction of sp³-hybridized carbons (Fsp3) is 0.769. The Bertz CT molecular complexity index is 465. The fourth-order valence-corrected chi connectivity index (χ4v) is 3.09. The molecule has 1 saturated heterocycles. The summed E-state index contributed by atoms with van der Waals surface area (Å²) in [6.45, 7) is 3.71. The predicted molar refractivity (Wildman–Crippen MR) is 84.2 cm³/mol. The van der Waals surface area contributed by atoms with E-state index in [4.69, 9.17) is 5.73 Å². The van der Waals surface area contributed by atoms with Crippen LogP contribution in [-0.4, -0.2) is 72.2 Å². The third-order valence-corrected chi connectivity index (χ3v) is 4.59. The zero-order chi connectivity index (χ0) is 15.2. The molecule has 1 aromatic rings. The summed E-state index contributed by atoms with van der Waals surface area (Å²) < 4.78 is 0. The first-order chi connectivity index (χ1) is 10.0. The quantitative estimate of drug-likeness (QED) is 0.708. The fourth-order valence-electron chi connectivity index (χ4n) is 2.44. The molecule has 118 valence electrons. The first kappa shape index (κ1) is 16.1. The van der Waals surface area contributed by atoms with E-state index in [0.29, 0.717) is 24.1 Å². The summed E-state index contributed by atoms with van der Waals surface area (Å²) in [6.07, 6.45) is 2.23. The van der Waals surface area contributed by atoms with Crippen LogP contribution in [0.4, 0.5) is 5.13 Å². The molecule has 1 aliphatic heterocycles. The second kappa shape index (κ2) is 7.67. The summed E-state index contributed by atoms with van der Waals surface area (Å²) >= 11 is 1.41. The minimum absolute atomic E-state index is 0.124. The molecule has 1 unspecified atom stereocenters. The maximum absolute atomic E-state index is 12.0. The highest BCUT2D eigenvalue weighted by Gasteiger charge is 2.24. The minimum Gasteiger partial charge on any atom is -0.374 e. The van der Waals surface area contributed by atoms with Gasteiger partial charge in [-0.05, 0) is 20.5 Å². The predicted octanol–water partition coefficient (Wildman–Crippen LogP) is -0.195. The number of carbonyl (C=O) groups excluding carboxylic acids is 1. The molecule has 0 aromatic carbocycles. The van der Waals surface area contributed by atoms with Gasteiger partial charge < -0.3 is 20.9 Å². The van der Waals surface area contributed by atoms with E-state index in [1.54, 1.807) is 0 Å². The Hall–Kier alpha value is -1.25. The Morgan fingerprint density at radius 2 is 2.24 bits per heavy atom. The Morgan fingerprint density at radius 1 is 1.43 bits per heavy atom. The molecule has 1 aromatic heterocycles. The molecule has 0 aliphatic carbocycles. The topological polar surface area (TPSA) is 87.4 Å². The first-order valence-corrected chi connectivity index (χ1v) is 8.09. The second-order valence-electron chi connectivity index (χ2n) is 5.59. The maximum atomic E-state index is 12.0. The number of piperazine rings is 1. The number of nitrogens with zero attached hydrogens (tertiary/aromatic N) is 4. The number of nitrogens with two attached hydrogens (primary N) is 1. The van der Waals surface area contributed by atoms with E-state index in [-0.39, 0.29) is 5.91 Å². The molecule has 0 saturated carbocycles. The van der Waals surface area contributed by atoms with Gasteiger partial charge >= 0.3 is 0 Å². The standard InChI is InChI=1S/C13H24N6OS/c1-18-6-7-19(2)10(9-18)8-11(20)15-5-3-4-12-16-17-13(14)21-12/h10H,3-9H2,1-2H3,(H2,14,17)(H,15,20). The summed E-state index contributed by atoms with van der Waals surface area (Å²) in [4.78, 5) is 16.5. The van der Waals surface area contributed by atoms with E-state index in [1.807, 2.05) is 0 Å². The molecular weight excluding hydrogens is 288 g/mol. The number of nitrogen functional groups attached to an aromatic ring is 1. The zero-order valence-corrected chi connectivity index (χ0v) is 13.5. The van der Waals surface area contributed by atoms with Gasteiger partial charge in [-0.15, -0.1) is 10.2 Å². The number of aromatic nitrogens is 2. The van der Waals surface area contributed by atoms with Crippen molar-refractivity contribution in [3.05, 3.63) is 5.01 Å². The van der Waals surface area contributed by atoms with Crippen molar-refractivity contribution in [2.75, 3.05) is 46.0 Å². The highest BCUT2D eigenvalue weighted by Crippen LogP contribution is 2.12. The highest BCUT2D eigenvalue weighted by molar-refractivity contribution is 7.15. The molecule has 0 spiro atoms. The molecule has 2 rings (SSSR count). The molecule has 1 amide bonds. The monoisotopic (exact) mass is 312 g/mol. The summed E-state index contributed by atoms with van der Waals surface area (Å²) in [5.41, 5.74) is 5.53. The number of nitrogens with one attached hydrogen (secondary N) is 1. The van der Waals surface area contributed by atoms with Crippen LogP contribution in [0, 0.1) is 0 Å². The van der Waals surface area contributed by atoms with Crippen molar-refractivity contribution in [3.8, 4) is 0 Å². The minimum atomic E-state index is 0.124. The van der Waals surface area contributed by atoms with Gasteiger partial charge in [-0.2, -0.15) is 0 Å². The number of likely N-dealkylation sites (N-methyl/N-ethyl adjacent to an activating group) is 2. The van der Waals surface area contributed by atoms with Gasteiger partial charge in [0.05, 0.1) is 0 Å². The first-order valence-electron chi connectivity index (χ1n) is 7.28. The average molecular weight is 312 g/mol. The summed E-state index contributed by atoms with van der Waals surface area (Å²) in [5.74, 6) is 0.124. The Balaban J connectivity index is 1.63. The summed E-state index contributed by atoms with van der Waals surface area (Å²) in [5, 5.41) is 12.1. The van der Waals surface area contributed by atoms with Gasteiger partial charge in [0, 0.05) is 45.1 Å². The van der Waals surface area contributed by atoms with E-state index >= 15 is 0 Å². The Kier molecular flexibility index (Phi) is 5.89. The lowest BCUT2D eigenvalue weighted by atomic mass is 10.1. The lowest BCUT2D eigenvalue weighted by Gasteiger charge is -2.37. The number of amides is 1. The Morgan fingerprint density at radius 3 is 2.95 bits per heavy atom. The van der Waals surface area contributed by atoms with Crippen LogP contribution in [-0.2, 0) is 11.2 Å². The van der Waals surface area contributed by atoms with Crippen LogP contribution >= 0.6 is 11.3 Å².